The van der Waals surface area contributed by atoms with E-state index in [4.69, 9.17) is 9.47 Å². The molecular formula is C28H38N2O5. The molecule has 0 aliphatic carbocycles. The van der Waals surface area contributed by atoms with Crippen LogP contribution in [-0.4, -0.2) is 67.4 Å². The van der Waals surface area contributed by atoms with Crippen molar-refractivity contribution in [2.75, 3.05) is 39.3 Å². The fraction of sp³-hybridized carbons (Fsp3) is 0.500. The second kappa shape index (κ2) is 11.8. The van der Waals surface area contributed by atoms with Crippen LogP contribution in [0.25, 0.3) is 0 Å². The number of aliphatic hydroxyl groups excluding tert-OH is 1. The number of esters is 2. The number of benzene rings is 1. The van der Waals surface area contributed by atoms with Crippen molar-refractivity contribution in [2.24, 2.45) is 0 Å². The third kappa shape index (κ3) is 6.28. The molecule has 2 heterocycles. The molecule has 1 aromatic carbocycles. The average Bonchev–Trinajstić information content (AvgIpc) is 3.39. The van der Waals surface area contributed by atoms with Crippen molar-refractivity contribution < 1.29 is 24.2 Å². The third-order valence-electron chi connectivity index (χ3n) is 6.87. The van der Waals surface area contributed by atoms with Gasteiger partial charge < -0.3 is 24.8 Å². The lowest BCUT2D eigenvalue weighted by Gasteiger charge is -2.22. The highest BCUT2D eigenvalue weighted by atomic mass is 16.5. The highest BCUT2D eigenvalue weighted by molar-refractivity contribution is 5.97. The molecule has 2 N–H and O–H groups in total. The first-order chi connectivity index (χ1) is 16.6. The molecule has 0 spiro atoms. The van der Waals surface area contributed by atoms with E-state index in [2.05, 4.69) is 36.7 Å². The molecule has 7 nitrogen and oxygen atoms in total. The summed E-state index contributed by atoms with van der Waals surface area (Å²) in [6.07, 6.45) is 2.01. The number of cyclic esters (lactones) is 2. The van der Waals surface area contributed by atoms with Gasteiger partial charge in [-0.2, -0.15) is 0 Å². The Morgan fingerprint density at radius 3 is 2.60 bits per heavy atom. The van der Waals surface area contributed by atoms with E-state index < -0.39 is 6.10 Å². The van der Waals surface area contributed by atoms with Crippen LogP contribution in [0.15, 0.2) is 41.0 Å². The smallest absolute Gasteiger partial charge is 0.339 e. The zero-order valence-corrected chi connectivity index (χ0v) is 21.6. The monoisotopic (exact) mass is 482 g/mol. The molecule has 0 saturated carbocycles. The molecule has 2 aliphatic rings. The summed E-state index contributed by atoms with van der Waals surface area (Å²) in [5, 5.41) is 13.8. The van der Waals surface area contributed by atoms with E-state index in [1.165, 1.54) is 5.56 Å². The Hall–Kier alpha value is -2.74. The van der Waals surface area contributed by atoms with Crippen molar-refractivity contribution in [2.45, 2.75) is 53.8 Å². The van der Waals surface area contributed by atoms with Crippen molar-refractivity contribution in [3.05, 3.63) is 68.8 Å². The number of aliphatic hydroxyl groups is 1. The minimum atomic E-state index is -0.665. The number of hydrogen-bond acceptors (Lipinski definition) is 7. The van der Waals surface area contributed by atoms with Crippen LogP contribution >= 0.6 is 0 Å². The van der Waals surface area contributed by atoms with Crippen LogP contribution in [-0.2, 0) is 27.3 Å². The van der Waals surface area contributed by atoms with Crippen LogP contribution in [0, 0.1) is 13.8 Å². The van der Waals surface area contributed by atoms with Crippen molar-refractivity contribution in [3.8, 4) is 0 Å². The number of aryl methyl sites for hydroxylation is 1. The number of hydrogen-bond donors (Lipinski definition) is 2. The maximum absolute atomic E-state index is 12.0. The van der Waals surface area contributed by atoms with Gasteiger partial charge in [0, 0.05) is 37.3 Å². The molecule has 190 valence electrons. The number of nitrogens with zero attached hydrogens (tertiary/aromatic N) is 1. The minimum absolute atomic E-state index is 0.210. The molecule has 0 fully saturated rings. The van der Waals surface area contributed by atoms with Gasteiger partial charge in [-0.1, -0.05) is 25.6 Å². The van der Waals surface area contributed by atoms with Gasteiger partial charge in [-0.15, -0.1) is 0 Å². The maximum atomic E-state index is 12.0. The molecule has 0 saturated heterocycles. The number of carbonyl (C=O) groups excluding carboxylic acids is 2. The summed E-state index contributed by atoms with van der Waals surface area (Å²) >= 11 is 0. The van der Waals surface area contributed by atoms with E-state index in [-0.39, 0.29) is 18.5 Å². The Bertz CT molecular complexity index is 1070. The molecule has 35 heavy (non-hydrogen) atoms. The van der Waals surface area contributed by atoms with Crippen LogP contribution in [0.3, 0.4) is 0 Å². The maximum Gasteiger partial charge on any atom is 0.339 e. The zero-order valence-electron chi connectivity index (χ0n) is 21.6. The molecular weight excluding hydrogens is 444 g/mol. The van der Waals surface area contributed by atoms with Gasteiger partial charge in [0.2, 0.25) is 0 Å². The van der Waals surface area contributed by atoms with Crippen LogP contribution in [0.2, 0.25) is 0 Å². The van der Waals surface area contributed by atoms with Crippen LogP contribution < -0.4 is 5.32 Å². The van der Waals surface area contributed by atoms with Crippen LogP contribution in [0.4, 0.5) is 0 Å². The lowest BCUT2D eigenvalue weighted by Crippen LogP contribution is -2.36. The standard InChI is InChI=1S/C28H38N2O5/c1-7-30(10-8-21-12-19(5)26-24(20(21)6)16-35-28(26)33)11-9-29-14-22(31)13-18(4)23-15-34-27(32)25(23)17(2)3/h12-13,22,29,31H,2,7-11,14-16H2,1,3-6H3/b18-13+. The highest BCUT2D eigenvalue weighted by Gasteiger charge is 2.27. The third-order valence-corrected chi connectivity index (χ3v) is 6.87. The minimum Gasteiger partial charge on any atom is -0.457 e. The predicted octanol–water partition coefficient (Wildman–Crippen LogP) is 3.16. The predicted molar refractivity (Wildman–Crippen MR) is 136 cm³/mol. The Kier molecular flexibility index (Phi) is 9.05. The molecule has 1 unspecified atom stereocenters. The quantitative estimate of drug-likeness (QED) is 0.349. The van der Waals surface area contributed by atoms with Gasteiger partial charge in [0.15, 0.2) is 0 Å². The lowest BCUT2D eigenvalue weighted by atomic mass is 9.93. The van der Waals surface area contributed by atoms with Gasteiger partial charge in [-0.3, -0.25) is 0 Å². The van der Waals surface area contributed by atoms with Crippen LogP contribution in [0.5, 0.6) is 0 Å². The zero-order chi connectivity index (χ0) is 25.7. The van der Waals surface area contributed by atoms with Crippen molar-refractivity contribution >= 4 is 11.9 Å². The van der Waals surface area contributed by atoms with Gasteiger partial charge in [-0.05, 0) is 68.5 Å². The first-order valence-electron chi connectivity index (χ1n) is 12.3. The van der Waals surface area contributed by atoms with E-state index in [0.717, 1.165) is 66.0 Å². The second-order valence-electron chi connectivity index (χ2n) is 9.42. The fourth-order valence-electron chi connectivity index (χ4n) is 4.79. The molecule has 1 aromatic rings. The number of nitrogens with one attached hydrogen (secondary N) is 1. The first kappa shape index (κ1) is 26.9. The van der Waals surface area contributed by atoms with Crippen molar-refractivity contribution in [3.63, 3.8) is 0 Å². The van der Waals surface area contributed by atoms with E-state index in [9.17, 15) is 14.7 Å². The van der Waals surface area contributed by atoms with E-state index in [1.807, 2.05) is 13.8 Å². The normalized spacial score (nSPS) is 16.6. The summed E-state index contributed by atoms with van der Waals surface area (Å²) in [4.78, 5) is 26.2. The largest absolute Gasteiger partial charge is 0.457 e. The van der Waals surface area contributed by atoms with E-state index in [0.29, 0.717) is 24.3 Å². The summed E-state index contributed by atoms with van der Waals surface area (Å²) in [5.74, 6) is -0.557. The lowest BCUT2D eigenvalue weighted by molar-refractivity contribution is -0.135. The van der Waals surface area contributed by atoms with Gasteiger partial charge >= 0.3 is 11.9 Å². The highest BCUT2D eigenvalue weighted by Crippen LogP contribution is 2.30. The van der Waals surface area contributed by atoms with E-state index >= 15 is 0 Å². The molecule has 7 heteroatoms. The van der Waals surface area contributed by atoms with Gasteiger partial charge in [0.1, 0.15) is 13.2 Å². The molecule has 2 aliphatic heterocycles. The molecule has 0 bridgehead atoms. The Morgan fingerprint density at radius 2 is 1.91 bits per heavy atom. The van der Waals surface area contributed by atoms with Gasteiger partial charge in [0.05, 0.1) is 17.2 Å². The molecule has 1 atom stereocenters. The van der Waals surface area contributed by atoms with Crippen molar-refractivity contribution in [1.82, 2.24) is 10.2 Å². The number of ether oxygens (including phenoxy) is 2. The molecule has 0 radical (unpaired) electrons. The number of carbonyl (C=O) groups is 2. The fourth-order valence-corrected chi connectivity index (χ4v) is 4.79. The van der Waals surface area contributed by atoms with Crippen molar-refractivity contribution in [1.29, 1.82) is 0 Å². The SMILES string of the molecule is C=C(C)C1=C(/C(C)=C/C(O)CNCCN(CC)CCc2cc(C)c3c(c2C)COC3=O)COC1=O. The first-order valence-corrected chi connectivity index (χ1v) is 12.3. The Morgan fingerprint density at radius 1 is 1.20 bits per heavy atom. The number of fused-ring (bicyclic) bond motifs is 1. The summed E-state index contributed by atoms with van der Waals surface area (Å²) in [7, 11) is 0. The summed E-state index contributed by atoms with van der Waals surface area (Å²) < 4.78 is 10.4. The Balaban J connectivity index is 1.47. The van der Waals surface area contributed by atoms with Gasteiger partial charge in [-0.25, -0.2) is 9.59 Å². The molecule has 0 amide bonds. The summed E-state index contributed by atoms with van der Waals surface area (Å²) in [5.41, 5.74) is 8.02. The Labute approximate surface area is 208 Å². The second-order valence-corrected chi connectivity index (χ2v) is 9.42. The van der Waals surface area contributed by atoms with E-state index in [1.54, 1.807) is 13.0 Å². The summed E-state index contributed by atoms with van der Waals surface area (Å²) in [6, 6.07) is 2.12. The van der Waals surface area contributed by atoms with Crippen LogP contribution in [0.1, 0.15) is 53.4 Å². The molecule has 0 aromatic heterocycles. The number of rotatable bonds is 12. The molecule has 3 rings (SSSR count). The summed E-state index contributed by atoms with van der Waals surface area (Å²) in [6.45, 7) is 18.2. The van der Waals surface area contributed by atoms with Gasteiger partial charge in [0.25, 0.3) is 0 Å². The number of likely N-dealkylation sites (N-methyl/N-ethyl adjacent to an activating group) is 1. The average molecular weight is 483 g/mol. The topological polar surface area (TPSA) is 88.1 Å².